The van der Waals surface area contributed by atoms with Crippen LogP contribution < -0.4 is 9.84 Å². The number of ether oxygens (including phenoxy) is 1. The van der Waals surface area contributed by atoms with Gasteiger partial charge in [0.25, 0.3) is 0 Å². The van der Waals surface area contributed by atoms with Gasteiger partial charge in [-0.3, -0.25) is 4.99 Å². The summed E-state index contributed by atoms with van der Waals surface area (Å²) in [5.41, 5.74) is 1.98. The first-order valence-corrected chi connectivity index (χ1v) is 5.95. The number of carboxylic acid groups (broad SMARTS) is 1. The zero-order chi connectivity index (χ0) is 15.2. The van der Waals surface area contributed by atoms with Crippen molar-refractivity contribution in [1.82, 2.24) is 0 Å². The monoisotopic (exact) mass is 294 g/mol. The van der Waals surface area contributed by atoms with Crippen LogP contribution in [0.25, 0.3) is 5.57 Å². The van der Waals surface area contributed by atoms with Gasteiger partial charge in [0.2, 0.25) is 0 Å². The molecule has 0 fully saturated rings. The molecule has 0 N–H and O–H groups in total. The lowest BCUT2D eigenvalue weighted by Gasteiger charge is -2.14. The fraction of sp³-hybridized carbons (Fsp3) is 0.143. The van der Waals surface area contributed by atoms with Crippen LogP contribution in [0.1, 0.15) is 12.0 Å². The van der Waals surface area contributed by atoms with Crippen molar-refractivity contribution in [3.05, 3.63) is 41.5 Å². The van der Waals surface area contributed by atoms with Gasteiger partial charge in [-0.1, -0.05) is 6.08 Å². The zero-order valence-corrected chi connectivity index (χ0v) is 10.4. The second-order valence-corrected chi connectivity index (χ2v) is 4.49. The molecule has 0 bridgehead atoms. The second-order valence-electron chi connectivity index (χ2n) is 4.49. The van der Waals surface area contributed by atoms with Gasteiger partial charge in [-0.2, -0.15) is 0 Å². The predicted molar refractivity (Wildman–Crippen MR) is 65.9 cm³/mol. The highest BCUT2D eigenvalue weighted by Crippen LogP contribution is 2.41. The van der Waals surface area contributed by atoms with Crippen molar-refractivity contribution < 1.29 is 27.8 Å². The summed E-state index contributed by atoms with van der Waals surface area (Å²) >= 11 is 0. The molecular formula is C14H7F3NO3-. The van der Waals surface area contributed by atoms with Crippen molar-refractivity contribution in [2.75, 3.05) is 0 Å². The Morgan fingerprint density at radius 1 is 1.33 bits per heavy atom. The molecule has 1 aliphatic carbocycles. The summed E-state index contributed by atoms with van der Waals surface area (Å²) < 4.78 is 40.6. The zero-order valence-electron chi connectivity index (χ0n) is 10.4. The van der Waals surface area contributed by atoms with Crippen LogP contribution in [-0.4, -0.2) is 18.0 Å². The summed E-state index contributed by atoms with van der Waals surface area (Å²) in [6, 6.07) is 3.77. The molecule has 0 spiro atoms. The van der Waals surface area contributed by atoms with Crippen molar-refractivity contribution in [2.45, 2.75) is 12.8 Å². The van der Waals surface area contributed by atoms with Gasteiger partial charge in [-0.05, 0) is 29.8 Å². The van der Waals surface area contributed by atoms with Crippen LogP contribution in [0.2, 0.25) is 0 Å². The van der Waals surface area contributed by atoms with Gasteiger partial charge < -0.3 is 14.6 Å². The minimum absolute atomic E-state index is 0.0149. The Labute approximate surface area is 116 Å². The van der Waals surface area contributed by atoms with E-state index in [1.165, 1.54) is 30.4 Å². The predicted octanol–water partition coefficient (Wildman–Crippen LogP) is 2.13. The summed E-state index contributed by atoms with van der Waals surface area (Å²) in [5, 5.41) is 10.9. The molecule has 3 rings (SSSR count). The molecule has 1 heterocycles. The Morgan fingerprint density at radius 3 is 2.76 bits per heavy atom. The third-order valence-corrected chi connectivity index (χ3v) is 3.11. The number of nitrogens with zero attached hydrogens (tertiary/aromatic N) is 1. The number of fused-ring (bicyclic) bond motifs is 3. The fourth-order valence-electron chi connectivity index (χ4n) is 2.27. The maximum atomic E-state index is 12.2. The van der Waals surface area contributed by atoms with Gasteiger partial charge in [-0.15, -0.1) is 13.2 Å². The molecule has 2 aliphatic rings. The van der Waals surface area contributed by atoms with Crippen LogP contribution in [0.5, 0.6) is 5.75 Å². The summed E-state index contributed by atoms with van der Waals surface area (Å²) in [6.45, 7) is 0. The number of benzene rings is 1. The molecule has 4 nitrogen and oxygen atoms in total. The van der Waals surface area contributed by atoms with Crippen molar-refractivity contribution in [3.63, 3.8) is 0 Å². The number of aliphatic carboxylic acids is 1. The molecule has 0 unspecified atom stereocenters. The molecule has 0 saturated carbocycles. The fourth-order valence-corrected chi connectivity index (χ4v) is 2.27. The first kappa shape index (κ1) is 13.4. The number of aliphatic imine (C=N–C) groups is 1. The maximum absolute atomic E-state index is 12.2. The van der Waals surface area contributed by atoms with E-state index in [1.54, 1.807) is 0 Å². The van der Waals surface area contributed by atoms with E-state index in [4.69, 9.17) is 0 Å². The van der Waals surface area contributed by atoms with Crippen LogP contribution in [0.4, 0.5) is 18.9 Å². The first-order chi connectivity index (χ1) is 9.83. The number of carbonyl (C=O) groups excluding carboxylic acids is 1. The third kappa shape index (κ3) is 2.54. The molecule has 1 aromatic carbocycles. The number of halogens is 3. The molecule has 108 valence electrons. The lowest BCUT2D eigenvalue weighted by Crippen LogP contribution is -2.25. The maximum Gasteiger partial charge on any atom is 0.573 e. The van der Waals surface area contributed by atoms with Crippen molar-refractivity contribution in [1.29, 1.82) is 0 Å². The van der Waals surface area contributed by atoms with Crippen LogP contribution in [0.3, 0.4) is 0 Å². The molecule has 0 aromatic heterocycles. The molecule has 0 radical (unpaired) electrons. The average molecular weight is 294 g/mol. The van der Waals surface area contributed by atoms with Crippen molar-refractivity contribution in [2.24, 2.45) is 4.99 Å². The third-order valence-electron chi connectivity index (χ3n) is 3.11. The molecule has 1 aliphatic heterocycles. The van der Waals surface area contributed by atoms with Gasteiger partial charge >= 0.3 is 6.36 Å². The molecule has 21 heavy (non-hydrogen) atoms. The van der Waals surface area contributed by atoms with Crippen LogP contribution in [0, 0.1) is 0 Å². The van der Waals surface area contributed by atoms with E-state index in [9.17, 15) is 23.1 Å². The van der Waals surface area contributed by atoms with Gasteiger partial charge in [0.05, 0.1) is 17.4 Å². The quantitative estimate of drug-likeness (QED) is 0.839. The van der Waals surface area contributed by atoms with Gasteiger partial charge in [-0.25, -0.2) is 0 Å². The van der Waals surface area contributed by atoms with E-state index in [-0.39, 0.29) is 11.3 Å². The van der Waals surface area contributed by atoms with E-state index in [2.05, 4.69) is 9.73 Å². The normalized spacial score (nSPS) is 16.4. The number of hydrogen-bond donors (Lipinski definition) is 0. The molecule has 7 heteroatoms. The van der Waals surface area contributed by atoms with Crippen LogP contribution in [0.15, 0.2) is 40.9 Å². The minimum Gasteiger partial charge on any atom is -0.545 e. The van der Waals surface area contributed by atoms with Crippen molar-refractivity contribution >= 4 is 22.9 Å². The highest BCUT2D eigenvalue weighted by atomic mass is 19.4. The Kier molecular flexibility index (Phi) is 2.86. The molecule has 0 atom stereocenters. The average Bonchev–Trinajstić information content (AvgIpc) is 2.74. The minimum atomic E-state index is -4.78. The smallest absolute Gasteiger partial charge is 0.545 e. The summed E-state index contributed by atoms with van der Waals surface area (Å²) in [7, 11) is 0. The lowest BCUT2D eigenvalue weighted by molar-refractivity contribution is -0.298. The van der Waals surface area contributed by atoms with Gasteiger partial charge in [0, 0.05) is 17.6 Å². The SMILES string of the molecule is O=C([O-])C1=CCC2=Nc3ccc(OC(F)(F)F)cc3C2=C1. The van der Waals surface area contributed by atoms with E-state index in [0.717, 1.165) is 0 Å². The van der Waals surface area contributed by atoms with E-state index in [0.29, 0.717) is 29.0 Å². The lowest BCUT2D eigenvalue weighted by atomic mass is 9.93. The van der Waals surface area contributed by atoms with E-state index < -0.39 is 12.3 Å². The standard InChI is InChI=1S/C14H8F3NO3/c15-14(16,17)21-8-2-4-12-10(6-8)9-5-7(13(19)20)1-3-11(9)18-12/h1-2,4-6H,3H2,(H,19,20)/p-1. The number of hydrogen-bond acceptors (Lipinski definition) is 4. The number of allylic oxidation sites excluding steroid dienone is 2. The highest BCUT2D eigenvalue weighted by Gasteiger charge is 2.32. The summed E-state index contributed by atoms with van der Waals surface area (Å²) in [4.78, 5) is 15.1. The van der Waals surface area contributed by atoms with Gasteiger partial charge in [0.1, 0.15) is 5.75 Å². The van der Waals surface area contributed by atoms with E-state index in [1.807, 2.05) is 0 Å². The number of rotatable bonds is 2. The van der Waals surface area contributed by atoms with E-state index >= 15 is 0 Å². The van der Waals surface area contributed by atoms with Gasteiger partial charge in [0.15, 0.2) is 0 Å². The summed E-state index contributed by atoms with van der Waals surface area (Å²) in [6.07, 6.45) is -1.69. The number of carbonyl (C=O) groups is 1. The Hall–Kier alpha value is -2.57. The molecule has 0 saturated heterocycles. The second kappa shape index (κ2) is 4.47. The number of carboxylic acids is 1. The van der Waals surface area contributed by atoms with Crippen LogP contribution in [-0.2, 0) is 4.79 Å². The highest BCUT2D eigenvalue weighted by molar-refractivity contribution is 6.31. The summed E-state index contributed by atoms with van der Waals surface area (Å²) in [5.74, 6) is -1.71. The molecule has 0 amide bonds. The molecular weight excluding hydrogens is 287 g/mol. The van der Waals surface area contributed by atoms with Crippen LogP contribution >= 0.6 is 0 Å². The van der Waals surface area contributed by atoms with Crippen molar-refractivity contribution in [3.8, 4) is 5.75 Å². The Balaban J connectivity index is 2.00. The first-order valence-electron chi connectivity index (χ1n) is 5.95. The largest absolute Gasteiger partial charge is 0.573 e. The number of alkyl halides is 3. The molecule has 1 aromatic rings. The Morgan fingerprint density at radius 2 is 2.10 bits per heavy atom. The Bertz CT molecular complexity index is 729. The topological polar surface area (TPSA) is 61.7 Å².